The molecule has 5 heteroatoms. The summed E-state index contributed by atoms with van der Waals surface area (Å²) in [7, 11) is 0. The van der Waals surface area contributed by atoms with Crippen LogP contribution in [0.5, 0.6) is 5.75 Å². The zero-order chi connectivity index (χ0) is 11.1. The van der Waals surface area contributed by atoms with E-state index in [1.807, 2.05) is 17.4 Å². The van der Waals surface area contributed by atoms with E-state index in [4.69, 9.17) is 21.4 Å². The Morgan fingerprint density at radius 1 is 1.40 bits per heavy atom. The fraction of sp³-hybridized carbons (Fsp3) is 0.400. The molecular weight excluding hydrogens is 281 g/mol. The third-order valence-electron chi connectivity index (χ3n) is 1.81. The van der Waals surface area contributed by atoms with Crippen molar-refractivity contribution in [2.75, 3.05) is 26.3 Å². The molecule has 1 aromatic carbocycles. The summed E-state index contributed by atoms with van der Waals surface area (Å²) in [4.78, 5) is 0. The maximum Gasteiger partial charge on any atom is 0.138 e. The van der Waals surface area contributed by atoms with Crippen LogP contribution in [0.15, 0.2) is 22.7 Å². The monoisotopic (exact) mass is 294 g/mol. The van der Waals surface area contributed by atoms with Gasteiger partial charge in [-0.1, -0.05) is 27.5 Å². The summed E-state index contributed by atoms with van der Waals surface area (Å²) in [6.45, 7) is 2.30. The first-order valence-electron chi connectivity index (χ1n) is 4.74. The van der Waals surface area contributed by atoms with E-state index in [1.54, 1.807) is 6.07 Å². The summed E-state index contributed by atoms with van der Waals surface area (Å²) in [5.74, 6) is 0.692. The summed E-state index contributed by atoms with van der Waals surface area (Å²) in [5, 5.41) is 11.2. The fourth-order valence-electron chi connectivity index (χ4n) is 1.08. The minimum Gasteiger partial charge on any atom is -0.486 e. The van der Waals surface area contributed by atoms with Crippen LogP contribution in [0.25, 0.3) is 0 Å². The largest absolute Gasteiger partial charge is 0.486 e. The smallest absolute Gasteiger partial charge is 0.138 e. The van der Waals surface area contributed by atoms with Crippen molar-refractivity contribution in [2.45, 2.75) is 0 Å². The summed E-state index contributed by atoms with van der Waals surface area (Å²) < 4.78 is 6.41. The molecule has 0 aliphatic rings. The van der Waals surface area contributed by atoms with E-state index in [-0.39, 0.29) is 6.61 Å². The molecule has 1 rings (SSSR count). The second-order valence-corrected chi connectivity index (χ2v) is 4.34. The molecule has 0 spiro atoms. The van der Waals surface area contributed by atoms with E-state index in [0.717, 1.165) is 11.0 Å². The fourth-order valence-corrected chi connectivity index (χ4v) is 1.81. The number of ether oxygens (including phenoxy) is 1. The lowest BCUT2D eigenvalue weighted by Gasteiger charge is -2.07. The lowest BCUT2D eigenvalue weighted by Crippen LogP contribution is -2.86. The number of aliphatic hydroxyl groups is 1. The van der Waals surface area contributed by atoms with Crippen LogP contribution in [0.1, 0.15) is 0 Å². The number of benzene rings is 1. The molecule has 0 fully saturated rings. The molecule has 84 valence electrons. The molecule has 0 saturated heterocycles. The van der Waals surface area contributed by atoms with E-state index in [1.165, 1.54) is 0 Å². The van der Waals surface area contributed by atoms with Crippen molar-refractivity contribution in [3.8, 4) is 5.75 Å². The van der Waals surface area contributed by atoms with Crippen LogP contribution >= 0.6 is 27.5 Å². The van der Waals surface area contributed by atoms with Gasteiger partial charge in [-0.05, 0) is 18.2 Å². The molecule has 0 aromatic heterocycles. The van der Waals surface area contributed by atoms with Crippen molar-refractivity contribution in [1.82, 2.24) is 0 Å². The average molecular weight is 296 g/mol. The molecule has 0 aliphatic heterocycles. The SMILES string of the molecule is OCC[NH2+]CCOc1ccc(Br)cc1Cl. The normalized spacial score (nSPS) is 10.3. The van der Waals surface area contributed by atoms with Crippen LogP contribution in [0, 0.1) is 0 Å². The molecule has 3 N–H and O–H groups in total. The van der Waals surface area contributed by atoms with Crippen LogP contribution in [-0.4, -0.2) is 31.4 Å². The highest BCUT2D eigenvalue weighted by molar-refractivity contribution is 9.10. The first-order valence-corrected chi connectivity index (χ1v) is 5.91. The highest BCUT2D eigenvalue weighted by Crippen LogP contribution is 2.27. The molecule has 0 atom stereocenters. The van der Waals surface area contributed by atoms with Crippen molar-refractivity contribution >= 4 is 27.5 Å². The van der Waals surface area contributed by atoms with Gasteiger partial charge in [-0.15, -0.1) is 0 Å². The zero-order valence-electron chi connectivity index (χ0n) is 8.25. The first kappa shape index (κ1) is 12.8. The Balaban J connectivity index is 2.31. The molecule has 0 saturated carbocycles. The number of nitrogens with two attached hydrogens (primary N) is 1. The van der Waals surface area contributed by atoms with Crippen LogP contribution in [-0.2, 0) is 0 Å². The maximum absolute atomic E-state index is 8.56. The highest BCUT2D eigenvalue weighted by atomic mass is 79.9. The summed E-state index contributed by atoms with van der Waals surface area (Å²) in [6.07, 6.45) is 0. The number of hydrogen-bond acceptors (Lipinski definition) is 2. The van der Waals surface area contributed by atoms with Crippen LogP contribution < -0.4 is 10.1 Å². The van der Waals surface area contributed by atoms with Crippen molar-refractivity contribution in [1.29, 1.82) is 0 Å². The van der Waals surface area contributed by atoms with Crippen LogP contribution in [0.4, 0.5) is 0 Å². The van der Waals surface area contributed by atoms with E-state index < -0.39 is 0 Å². The Morgan fingerprint density at radius 2 is 2.20 bits per heavy atom. The number of rotatable bonds is 6. The molecule has 1 aromatic rings. The molecule has 0 radical (unpaired) electrons. The van der Waals surface area contributed by atoms with Crippen molar-refractivity contribution in [3.63, 3.8) is 0 Å². The third kappa shape index (κ3) is 4.84. The summed E-state index contributed by atoms with van der Waals surface area (Å²) in [5.41, 5.74) is 0. The second-order valence-electron chi connectivity index (χ2n) is 3.01. The van der Waals surface area contributed by atoms with E-state index in [2.05, 4.69) is 15.9 Å². The second kappa shape index (κ2) is 7.06. The highest BCUT2D eigenvalue weighted by Gasteiger charge is 2.01. The predicted molar refractivity (Wildman–Crippen MR) is 63.4 cm³/mol. The van der Waals surface area contributed by atoms with Gasteiger partial charge in [0.05, 0.1) is 18.2 Å². The van der Waals surface area contributed by atoms with Crippen LogP contribution in [0.2, 0.25) is 5.02 Å². The quantitative estimate of drug-likeness (QED) is 0.770. The van der Waals surface area contributed by atoms with Crippen LogP contribution in [0.3, 0.4) is 0 Å². The lowest BCUT2D eigenvalue weighted by atomic mass is 10.3. The van der Waals surface area contributed by atoms with E-state index in [0.29, 0.717) is 23.9 Å². The van der Waals surface area contributed by atoms with Crippen molar-refractivity contribution in [3.05, 3.63) is 27.7 Å². The molecule has 0 aliphatic carbocycles. The van der Waals surface area contributed by atoms with E-state index >= 15 is 0 Å². The molecular formula is C10H14BrClNO2+. The Hall–Kier alpha value is -0.290. The first-order chi connectivity index (χ1) is 7.24. The van der Waals surface area contributed by atoms with Gasteiger partial charge in [0.2, 0.25) is 0 Å². The standard InChI is InChI=1S/C10H13BrClNO2/c11-8-1-2-10(9(12)7-8)15-6-4-13-3-5-14/h1-2,7,13-14H,3-6H2/p+1. The topological polar surface area (TPSA) is 46.1 Å². The molecule has 15 heavy (non-hydrogen) atoms. The van der Waals surface area contributed by atoms with Gasteiger partial charge in [0.25, 0.3) is 0 Å². The predicted octanol–water partition coefficient (Wildman–Crippen LogP) is 1.04. The van der Waals surface area contributed by atoms with E-state index in [9.17, 15) is 0 Å². The number of hydrogen-bond donors (Lipinski definition) is 2. The lowest BCUT2D eigenvalue weighted by molar-refractivity contribution is -0.656. The third-order valence-corrected chi connectivity index (χ3v) is 2.60. The van der Waals surface area contributed by atoms with Gasteiger partial charge in [0, 0.05) is 4.47 Å². The molecule has 0 amide bonds. The van der Waals surface area contributed by atoms with Gasteiger partial charge in [-0.2, -0.15) is 0 Å². The summed E-state index contributed by atoms with van der Waals surface area (Å²) in [6, 6.07) is 5.52. The van der Waals surface area contributed by atoms with Gasteiger partial charge in [-0.3, -0.25) is 0 Å². The Morgan fingerprint density at radius 3 is 2.87 bits per heavy atom. The average Bonchev–Trinajstić information content (AvgIpc) is 2.20. The maximum atomic E-state index is 8.56. The minimum atomic E-state index is 0.193. The molecule has 0 bridgehead atoms. The molecule has 0 heterocycles. The van der Waals surface area contributed by atoms with Gasteiger partial charge in [0.1, 0.15) is 18.9 Å². The Bertz CT molecular complexity index is 309. The van der Waals surface area contributed by atoms with Gasteiger partial charge < -0.3 is 15.2 Å². The van der Waals surface area contributed by atoms with Gasteiger partial charge in [0.15, 0.2) is 0 Å². The Labute approximate surface area is 103 Å². The summed E-state index contributed by atoms with van der Waals surface area (Å²) >= 11 is 9.29. The molecule has 0 unspecified atom stereocenters. The van der Waals surface area contributed by atoms with Gasteiger partial charge in [-0.25, -0.2) is 0 Å². The minimum absolute atomic E-state index is 0.193. The number of aliphatic hydroxyl groups excluding tert-OH is 1. The van der Waals surface area contributed by atoms with Crippen molar-refractivity contribution in [2.24, 2.45) is 0 Å². The van der Waals surface area contributed by atoms with Crippen molar-refractivity contribution < 1.29 is 15.2 Å². The molecule has 3 nitrogen and oxygen atoms in total. The Kier molecular flexibility index (Phi) is 6.02. The number of halogens is 2. The number of quaternary nitrogens is 1. The van der Waals surface area contributed by atoms with Gasteiger partial charge >= 0.3 is 0 Å². The zero-order valence-corrected chi connectivity index (χ0v) is 10.6.